The predicted molar refractivity (Wildman–Crippen MR) is 74.9 cm³/mol. The van der Waals surface area contributed by atoms with Crippen LogP contribution in [0, 0.1) is 0 Å². The highest BCUT2D eigenvalue weighted by atomic mass is 16.5. The maximum absolute atomic E-state index is 11.6. The van der Waals surface area contributed by atoms with E-state index in [1.54, 1.807) is 13.8 Å². The topological polar surface area (TPSA) is 98.3 Å². The third-order valence-corrected chi connectivity index (χ3v) is 2.21. The Labute approximate surface area is 118 Å². The van der Waals surface area contributed by atoms with Crippen LogP contribution in [0.2, 0.25) is 0 Å². The fourth-order valence-corrected chi connectivity index (χ4v) is 1.37. The number of anilines is 2. The van der Waals surface area contributed by atoms with E-state index in [0.717, 1.165) is 0 Å². The van der Waals surface area contributed by atoms with Gasteiger partial charge in [-0.25, -0.2) is 4.79 Å². The van der Waals surface area contributed by atoms with Crippen molar-refractivity contribution in [2.45, 2.75) is 33.7 Å². The molecule has 0 saturated carbocycles. The van der Waals surface area contributed by atoms with Gasteiger partial charge in [-0.05, 0) is 27.7 Å². The van der Waals surface area contributed by atoms with Gasteiger partial charge >= 0.3 is 12.0 Å². The van der Waals surface area contributed by atoms with Crippen molar-refractivity contribution in [3.63, 3.8) is 0 Å². The Morgan fingerprint density at radius 1 is 1.15 bits per heavy atom. The van der Waals surface area contributed by atoms with Crippen molar-refractivity contribution in [2.24, 2.45) is 0 Å². The summed E-state index contributed by atoms with van der Waals surface area (Å²) >= 11 is 0. The van der Waals surface area contributed by atoms with Crippen molar-refractivity contribution < 1.29 is 14.3 Å². The number of rotatable bonds is 8. The highest BCUT2D eigenvalue weighted by Crippen LogP contribution is 2.12. The first kappa shape index (κ1) is 15.9. The molecule has 1 atom stereocenters. The monoisotopic (exact) mass is 283 g/mol. The van der Waals surface area contributed by atoms with Crippen molar-refractivity contribution in [3.8, 4) is 6.01 Å². The van der Waals surface area contributed by atoms with Gasteiger partial charge in [0.15, 0.2) is 0 Å². The molecule has 0 saturated heterocycles. The van der Waals surface area contributed by atoms with Gasteiger partial charge in [0.05, 0.1) is 13.2 Å². The molecule has 0 fully saturated rings. The Morgan fingerprint density at radius 3 is 2.45 bits per heavy atom. The van der Waals surface area contributed by atoms with E-state index in [1.165, 1.54) is 0 Å². The largest absolute Gasteiger partial charge is 0.464 e. The molecule has 0 aliphatic carbocycles. The van der Waals surface area contributed by atoms with Gasteiger partial charge in [0.25, 0.3) is 0 Å². The van der Waals surface area contributed by atoms with Crippen LogP contribution >= 0.6 is 0 Å². The fourth-order valence-electron chi connectivity index (χ4n) is 1.37. The van der Waals surface area contributed by atoms with E-state index in [1.807, 2.05) is 13.8 Å². The zero-order chi connectivity index (χ0) is 15.0. The summed E-state index contributed by atoms with van der Waals surface area (Å²) in [6, 6.07) is -0.349. The summed E-state index contributed by atoms with van der Waals surface area (Å²) in [5, 5.41) is 5.84. The maximum Gasteiger partial charge on any atom is 0.328 e. The van der Waals surface area contributed by atoms with Gasteiger partial charge in [-0.2, -0.15) is 15.0 Å². The van der Waals surface area contributed by atoms with Crippen molar-refractivity contribution >= 4 is 17.9 Å². The van der Waals surface area contributed by atoms with Crippen LogP contribution in [0.1, 0.15) is 27.7 Å². The van der Waals surface area contributed by atoms with Gasteiger partial charge in [0, 0.05) is 6.54 Å². The Kier molecular flexibility index (Phi) is 6.48. The minimum absolute atomic E-state index is 0.206. The fraction of sp³-hybridized carbons (Fsp3) is 0.667. The zero-order valence-electron chi connectivity index (χ0n) is 12.3. The Hall–Kier alpha value is -2.12. The first-order valence-corrected chi connectivity index (χ1v) is 6.66. The third kappa shape index (κ3) is 4.87. The van der Waals surface area contributed by atoms with E-state index in [0.29, 0.717) is 25.7 Å². The lowest BCUT2D eigenvalue weighted by molar-refractivity contribution is -0.143. The molecule has 0 aromatic carbocycles. The molecule has 0 aliphatic heterocycles. The van der Waals surface area contributed by atoms with Gasteiger partial charge < -0.3 is 20.1 Å². The molecular weight excluding hydrogens is 262 g/mol. The highest BCUT2D eigenvalue weighted by molar-refractivity contribution is 5.78. The second kappa shape index (κ2) is 8.13. The number of hydrogen-bond donors (Lipinski definition) is 2. The molecule has 8 nitrogen and oxygen atoms in total. The van der Waals surface area contributed by atoms with E-state index in [4.69, 9.17) is 9.47 Å². The molecule has 112 valence electrons. The van der Waals surface area contributed by atoms with Crippen LogP contribution in [0.15, 0.2) is 0 Å². The summed E-state index contributed by atoms with van der Waals surface area (Å²) in [5.41, 5.74) is 0. The second-order valence-electron chi connectivity index (χ2n) is 3.85. The van der Waals surface area contributed by atoms with E-state index in [2.05, 4.69) is 25.6 Å². The lowest BCUT2D eigenvalue weighted by Gasteiger charge is -2.13. The van der Waals surface area contributed by atoms with Crippen LogP contribution in [0.3, 0.4) is 0 Å². The Morgan fingerprint density at radius 2 is 1.85 bits per heavy atom. The molecule has 0 radical (unpaired) electrons. The normalized spacial score (nSPS) is 11.6. The summed E-state index contributed by atoms with van der Waals surface area (Å²) in [6.07, 6.45) is 0. The van der Waals surface area contributed by atoms with Crippen LogP contribution in [-0.2, 0) is 9.53 Å². The molecule has 0 amide bonds. The van der Waals surface area contributed by atoms with E-state index < -0.39 is 6.04 Å². The minimum Gasteiger partial charge on any atom is -0.464 e. The number of nitrogens with one attached hydrogen (secondary N) is 2. The third-order valence-electron chi connectivity index (χ3n) is 2.21. The zero-order valence-corrected chi connectivity index (χ0v) is 12.3. The molecule has 1 aromatic heterocycles. The summed E-state index contributed by atoms with van der Waals surface area (Å²) in [5.74, 6) is 0.292. The Bertz CT molecular complexity index is 417. The molecule has 1 unspecified atom stereocenters. The van der Waals surface area contributed by atoms with Crippen LogP contribution < -0.4 is 15.4 Å². The number of nitrogens with zero attached hydrogens (tertiary/aromatic N) is 3. The Balaban J connectivity index is 2.84. The van der Waals surface area contributed by atoms with Gasteiger partial charge in [-0.1, -0.05) is 0 Å². The summed E-state index contributed by atoms with van der Waals surface area (Å²) in [7, 11) is 0. The molecule has 1 aromatic rings. The summed E-state index contributed by atoms with van der Waals surface area (Å²) < 4.78 is 10.2. The number of aromatic nitrogens is 3. The maximum atomic E-state index is 11.6. The molecular formula is C12H21N5O3. The molecule has 0 spiro atoms. The van der Waals surface area contributed by atoms with Gasteiger partial charge in [-0.3, -0.25) is 0 Å². The molecule has 2 N–H and O–H groups in total. The van der Waals surface area contributed by atoms with E-state index in [-0.39, 0.29) is 17.9 Å². The van der Waals surface area contributed by atoms with Gasteiger partial charge in [0.2, 0.25) is 11.9 Å². The second-order valence-corrected chi connectivity index (χ2v) is 3.85. The quantitative estimate of drug-likeness (QED) is 0.683. The van der Waals surface area contributed by atoms with Gasteiger partial charge in [-0.15, -0.1) is 0 Å². The number of ether oxygens (including phenoxy) is 2. The van der Waals surface area contributed by atoms with Crippen LogP contribution in [0.5, 0.6) is 6.01 Å². The van der Waals surface area contributed by atoms with Crippen molar-refractivity contribution in [3.05, 3.63) is 0 Å². The average molecular weight is 283 g/mol. The standard InChI is InChI=1S/C12H21N5O3/c1-5-13-10-15-11(17-12(16-10)20-7-3)14-8(4)9(18)19-6-2/h8H,5-7H2,1-4H3,(H2,13,14,15,16,17). The van der Waals surface area contributed by atoms with E-state index in [9.17, 15) is 4.79 Å². The number of carbonyl (C=O) groups excluding carboxylic acids is 1. The minimum atomic E-state index is -0.554. The van der Waals surface area contributed by atoms with Crippen molar-refractivity contribution in [1.29, 1.82) is 0 Å². The van der Waals surface area contributed by atoms with Crippen LogP contribution in [-0.4, -0.2) is 46.7 Å². The highest BCUT2D eigenvalue weighted by Gasteiger charge is 2.16. The SMILES string of the molecule is CCNc1nc(NC(C)C(=O)OCC)nc(OCC)n1. The predicted octanol–water partition coefficient (Wildman–Crippen LogP) is 1.07. The first-order valence-electron chi connectivity index (χ1n) is 6.66. The molecule has 1 heterocycles. The molecule has 1 rings (SSSR count). The molecule has 20 heavy (non-hydrogen) atoms. The molecule has 0 bridgehead atoms. The smallest absolute Gasteiger partial charge is 0.328 e. The molecule has 8 heteroatoms. The number of carbonyl (C=O) groups is 1. The summed E-state index contributed by atoms with van der Waals surface area (Å²) in [6.45, 7) is 8.64. The number of hydrogen-bond acceptors (Lipinski definition) is 8. The lowest BCUT2D eigenvalue weighted by Crippen LogP contribution is -2.29. The van der Waals surface area contributed by atoms with Crippen molar-refractivity contribution in [1.82, 2.24) is 15.0 Å². The lowest BCUT2D eigenvalue weighted by atomic mass is 10.3. The van der Waals surface area contributed by atoms with Crippen LogP contribution in [0.25, 0.3) is 0 Å². The van der Waals surface area contributed by atoms with Crippen molar-refractivity contribution in [2.75, 3.05) is 30.4 Å². The number of esters is 1. The van der Waals surface area contributed by atoms with E-state index >= 15 is 0 Å². The average Bonchev–Trinajstić information content (AvgIpc) is 2.39. The van der Waals surface area contributed by atoms with Crippen LogP contribution in [0.4, 0.5) is 11.9 Å². The van der Waals surface area contributed by atoms with Gasteiger partial charge in [0.1, 0.15) is 6.04 Å². The summed E-state index contributed by atoms with van der Waals surface area (Å²) in [4.78, 5) is 23.9. The first-order chi connectivity index (χ1) is 9.60. The molecule has 0 aliphatic rings.